The molecule has 2 nitrogen and oxygen atoms in total. The lowest BCUT2D eigenvalue weighted by atomic mass is 9.91. The van der Waals surface area contributed by atoms with E-state index in [1.807, 2.05) is 12.1 Å². The smallest absolute Gasteiger partial charge is 0.0716 e. The van der Waals surface area contributed by atoms with Crippen molar-refractivity contribution in [2.75, 3.05) is 11.4 Å². The summed E-state index contributed by atoms with van der Waals surface area (Å²) in [5.74, 6) is 0.689. The van der Waals surface area contributed by atoms with Crippen LogP contribution in [-0.2, 0) is 6.61 Å². The van der Waals surface area contributed by atoms with Crippen LogP contribution >= 0.6 is 11.6 Å². The van der Waals surface area contributed by atoms with Crippen LogP contribution in [0.25, 0.3) is 0 Å². The third kappa shape index (κ3) is 2.43. The maximum atomic E-state index is 9.47. The van der Waals surface area contributed by atoms with Gasteiger partial charge < -0.3 is 10.0 Å². The van der Waals surface area contributed by atoms with Crippen LogP contribution in [0.3, 0.4) is 0 Å². The van der Waals surface area contributed by atoms with Crippen molar-refractivity contribution in [1.82, 2.24) is 0 Å². The van der Waals surface area contributed by atoms with E-state index in [0.29, 0.717) is 17.0 Å². The molecule has 0 amide bonds. The zero-order chi connectivity index (χ0) is 12.4. The summed E-state index contributed by atoms with van der Waals surface area (Å²) in [4.78, 5) is 2.38. The molecule has 1 saturated heterocycles. The largest absolute Gasteiger partial charge is 0.392 e. The van der Waals surface area contributed by atoms with E-state index in [1.165, 1.54) is 12.8 Å². The Morgan fingerprint density at radius 1 is 1.41 bits per heavy atom. The number of anilines is 1. The fourth-order valence-corrected chi connectivity index (χ4v) is 2.88. The Kier molecular flexibility index (Phi) is 3.95. The number of piperidine rings is 1. The SMILES string of the molecule is CC1CCCN(c2cccc(Cl)c2CO)C1C. The molecule has 94 valence electrons. The van der Waals surface area contributed by atoms with Gasteiger partial charge in [-0.15, -0.1) is 0 Å². The Bertz CT molecular complexity index is 394. The third-order valence-corrected chi connectivity index (χ3v) is 4.29. The van der Waals surface area contributed by atoms with E-state index in [1.54, 1.807) is 0 Å². The number of aliphatic hydroxyl groups is 1. The van der Waals surface area contributed by atoms with E-state index in [4.69, 9.17) is 11.6 Å². The van der Waals surface area contributed by atoms with Crippen molar-refractivity contribution in [3.05, 3.63) is 28.8 Å². The Balaban J connectivity index is 2.35. The van der Waals surface area contributed by atoms with E-state index in [0.717, 1.165) is 17.8 Å². The van der Waals surface area contributed by atoms with Crippen molar-refractivity contribution < 1.29 is 5.11 Å². The number of rotatable bonds is 2. The quantitative estimate of drug-likeness (QED) is 0.873. The number of benzene rings is 1. The van der Waals surface area contributed by atoms with Crippen LogP contribution in [0.4, 0.5) is 5.69 Å². The lowest BCUT2D eigenvalue weighted by molar-refractivity contribution is 0.280. The second-order valence-electron chi connectivity index (χ2n) is 4.95. The van der Waals surface area contributed by atoms with Crippen molar-refractivity contribution in [3.8, 4) is 0 Å². The van der Waals surface area contributed by atoms with Crippen molar-refractivity contribution in [2.45, 2.75) is 39.3 Å². The normalized spacial score (nSPS) is 25.1. The van der Waals surface area contributed by atoms with Gasteiger partial charge in [-0.3, -0.25) is 0 Å². The van der Waals surface area contributed by atoms with Crippen molar-refractivity contribution in [1.29, 1.82) is 0 Å². The molecule has 0 aliphatic carbocycles. The molecule has 2 rings (SSSR count). The average Bonchev–Trinajstić information content (AvgIpc) is 2.32. The van der Waals surface area contributed by atoms with Gasteiger partial charge >= 0.3 is 0 Å². The Labute approximate surface area is 108 Å². The van der Waals surface area contributed by atoms with E-state index in [-0.39, 0.29) is 6.61 Å². The first-order valence-electron chi connectivity index (χ1n) is 6.30. The maximum absolute atomic E-state index is 9.47. The molecule has 2 atom stereocenters. The molecule has 1 aliphatic heterocycles. The van der Waals surface area contributed by atoms with Crippen LogP contribution in [-0.4, -0.2) is 17.7 Å². The molecule has 1 aliphatic rings. The van der Waals surface area contributed by atoms with Crippen LogP contribution in [0.2, 0.25) is 5.02 Å². The van der Waals surface area contributed by atoms with Gasteiger partial charge in [-0.25, -0.2) is 0 Å². The van der Waals surface area contributed by atoms with Gasteiger partial charge in [0.1, 0.15) is 0 Å². The minimum atomic E-state index is 0.00656. The summed E-state index contributed by atoms with van der Waals surface area (Å²) in [6.45, 7) is 5.61. The van der Waals surface area contributed by atoms with Crippen LogP contribution in [0, 0.1) is 5.92 Å². The minimum absolute atomic E-state index is 0.00656. The number of hydrogen-bond donors (Lipinski definition) is 1. The highest BCUT2D eigenvalue weighted by Crippen LogP contribution is 2.33. The highest BCUT2D eigenvalue weighted by molar-refractivity contribution is 6.31. The summed E-state index contributed by atoms with van der Waals surface area (Å²) < 4.78 is 0. The predicted octanol–water partition coefficient (Wildman–Crippen LogP) is 3.46. The summed E-state index contributed by atoms with van der Waals surface area (Å²) in [5, 5.41) is 10.1. The van der Waals surface area contributed by atoms with Gasteiger partial charge in [0.2, 0.25) is 0 Å². The summed E-state index contributed by atoms with van der Waals surface area (Å²) in [5.41, 5.74) is 1.95. The van der Waals surface area contributed by atoms with Crippen molar-refractivity contribution >= 4 is 17.3 Å². The van der Waals surface area contributed by atoms with Gasteiger partial charge in [-0.1, -0.05) is 24.6 Å². The van der Waals surface area contributed by atoms with E-state index >= 15 is 0 Å². The minimum Gasteiger partial charge on any atom is -0.392 e. The molecule has 1 N–H and O–H groups in total. The van der Waals surface area contributed by atoms with Crippen LogP contribution in [0.5, 0.6) is 0 Å². The monoisotopic (exact) mass is 253 g/mol. The second-order valence-corrected chi connectivity index (χ2v) is 5.36. The number of hydrogen-bond acceptors (Lipinski definition) is 2. The topological polar surface area (TPSA) is 23.5 Å². The highest BCUT2D eigenvalue weighted by atomic mass is 35.5. The molecule has 0 spiro atoms. The van der Waals surface area contributed by atoms with Gasteiger partial charge in [-0.05, 0) is 37.8 Å². The van der Waals surface area contributed by atoms with E-state index < -0.39 is 0 Å². The van der Waals surface area contributed by atoms with E-state index in [2.05, 4.69) is 24.8 Å². The molecule has 1 aromatic carbocycles. The fourth-order valence-electron chi connectivity index (χ4n) is 2.65. The second kappa shape index (κ2) is 5.28. The van der Waals surface area contributed by atoms with Crippen LogP contribution in [0.1, 0.15) is 32.3 Å². The van der Waals surface area contributed by atoms with E-state index in [9.17, 15) is 5.11 Å². The van der Waals surface area contributed by atoms with Gasteiger partial charge in [-0.2, -0.15) is 0 Å². The highest BCUT2D eigenvalue weighted by Gasteiger charge is 2.26. The Morgan fingerprint density at radius 2 is 2.18 bits per heavy atom. The predicted molar refractivity (Wildman–Crippen MR) is 72.6 cm³/mol. The molecule has 0 bridgehead atoms. The molecule has 3 heteroatoms. The van der Waals surface area contributed by atoms with Gasteiger partial charge in [0, 0.05) is 28.9 Å². The Morgan fingerprint density at radius 3 is 2.88 bits per heavy atom. The number of nitrogens with zero attached hydrogens (tertiary/aromatic N) is 1. The van der Waals surface area contributed by atoms with Crippen LogP contribution in [0.15, 0.2) is 18.2 Å². The molecule has 1 heterocycles. The van der Waals surface area contributed by atoms with Gasteiger partial charge in [0.05, 0.1) is 6.61 Å². The summed E-state index contributed by atoms with van der Waals surface area (Å²) >= 11 is 6.15. The molecule has 0 saturated carbocycles. The zero-order valence-corrected chi connectivity index (χ0v) is 11.2. The summed E-state index contributed by atoms with van der Waals surface area (Å²) in [7, 11) is 0. The molecule has 1 aromatic rings. The van der Waals surface area contributed by atoms with Crippen molar-refractivity contribution in [3.63, 3.8) is 0 Å². The summed E-state index contributed by atoms with van der Waals surface area (Å²) in [6, 6.07) is 6.37. The number of halogens is 1. The van der Waals surface area contributed by atoms with Gasteiger partial charge in [0.15, 0.2) is 0 Å². The molecular formula is C14H20ClNO. The molecule has 1 fully saturated rings. The average molecular weight is 254 g/mol. The van der Waals surface area contributed by atoms with Crippen molar-refractivity contribution in [2.24, 2.45) is 5.92 Å². The summed E-state index contributed by atoms with van der Waals surface area (Å²) in [6.07, 6.45) is 2.50. The van der Waals surface area contributed by atoms with Gasteiger partial charge in [0.25, 0.3) is 0 Å². The first kappa shape index (κ1) is 12.7. The third-order valence-electron chi connectivity index (χ3n) is 3.94. The first-order valence-corrected chi connectivity index (χ1v) is 6.68. The van der Waals surface area contributed by atoms with Crippen LogP contribution < -0.4 is 4.90 Å². The molecule has 0 aromatic heterocycles. The first-order chi connectivity index (χ1) is 8.15. The fraction of sp³-hybridized carbons (Fsp3) is 0.571. The Hall–Kier alpha value is -0.730. The molecule has 2 unspecified atom stereocenters. The maximum Gasteiger partial charge on any atom is 0.0716 e. The zero-order valence-electron chi connectivity index (χ0n) is 10.5. The molecule has 0 radical (unpaired) electrons. The molecule has 17 heavy (non-hydrogen) atoms. The standard InChI is InChI=1S/C14H20ClNO/c1-10-5-4-8-16(11(10)2)14-7-3-6-13(15)12(14)9-17/h3,6-7,10-11,17H,4-5,8-9H2,1-2H3. The lowest BCUT2D eigenvalue weighted by Crippen LogP contribution is -2.42. The molecular weight excluding hydrogens is 234 g/mol. The lowest BCUT2D eigenvalue weighted by Gasteiger charge is -2.40. The number of aliphatic hydroxyl groups excluding tert-OH is 1.